The quantitative estimate of drug-likeness (QED) is 0.0224. The molecule has 0 radical (unpaired) electrons. The second-order valence-corrected chi connectivity index (χ2v) is 16.8. The van der Waals surface area contributed by atoms with Gasteiger partial charge in [0.05, 0.1) is 25.4 Å². The summed E-state index contributed by atoms with van der Waals surface area (Å²) in [7, 11) is 0. The third-order valence-electron chi connectivity index (χ3n) is 11.5. The maximum Gasteiger partial charge on any atom is 0.249 e. The number of carbonyl (C=O) groups excluding carboxylic acids is 1. The normalized spacial score (nSPS) is 22.1. The van der Waals surface area contributed by atoms with Gasteiger partial charge >= 0.3 is 0 Å². The second-order valence-electron chi connectivity index (χ2n) is 16.8. The van der Waals surface area contributed by atoms with Gasteiger partial charge in [-0.25, -0.2) is 0 Å². The molecule has 1 heterocycles. The molecule has 0 aromatic carbocycles. The van der Waals surface area contributed by atoms with E-state index >= 15 is 0 Å². The Labute approximate surface area is 353 Å². The summed E-state index contributed by atoms with van der Waals surface area (Å²) in [6.07, 6.45) is 29.4. The Hall–Kier alpha value is -1.41. The number of nitrogens with one attached hydrogen (secondary N) is 1. The van der Waals surface area contributed by atoms with Crippen LogP contribution in [0.25, 0.3) is 0 Å². The SMILES string of the molecule is CC/C=C\C/C=C\CCCCCCCCCCCCCCCC(O)C(=O)NC(COC1OC(CO)C(O)C(O)C1O)C(O)C(O)CCCCCCCCCCCCC. The zero-order valence-corrected chi connectivity index (χ0v) is 36.8. The van der Waals surface area contributed by atoms with E-state index in [4.69, 9.17) is 9.47 Å². The minimum atomic E-state index is -1.66. The summed E-state index contributed by atoms with van der Waals surface area (Å²) in [6, 6.07) is -1.16. The minimum absolute atomic E-state index is 0.260. The second kappa shape index (κ2) is 37.4. The van der Waals surface area contributed by atoms with Crippen molar-refractivity contribution in [1.82, 2.24) is 5.32 Å². The summed E-state index contributed by atoms with van der Waals surface area (Å²) < 4.78 is 11.1. The van der Waals surface area contributed by atoms with Gasteiger partial charge in [-0.05, 0) is 38.5 Å². The smallest absolute Gasteiger partial charge is 0.249 e. The molecule has 1 fully saturated rings. The number of aliphatic hydroxyl groups is 7. The molecule has 1 saturated heterocycles. The summed E-state index contributed by atoms with van der Waals surface area (Å²) in [5, 5.41) is 75.6. The van der Waals surface area contributed by atoms with Gasteiger partial charge in [-0.2, -0.15) is 0 Å². The van der Waals surface area contributed by atoms with Crippen LogP contribution in [0.1, 0.15) is 200 Å². The Morgan fingerprint density at radius 3 is 1.62 bits per heavy atom. The molecule has 9 unspecified atom stereocenters. The van der Waals surface area contributed by atoms with Crippen LogP contribution < -0.4 is 5.32 Å². The Kier molecular flexibility index (Phi) is 35.2. The number of unbranched alkanes of at least 4 members (excludes halogenated alkanes) is 23. The first-order valence-corrected chi connectivity index (χ1v) is 23.7. The van der Waals surface area contributed by atoms with Crippen LogP contribution in [0.5, 0.6) is 0 Å². The van der Waals surface area contributed by atoms with Crippen LogP contribution in [0.15, 0.2) is 24.3 Å². The van der Waals surface area contributed by atoms with Crippen LogP contribution in [0.2, 0.25) is 0 Å². The van der Waals surface area contributed by atoms with E-state index in [1.165, 1.54) is 109 Å². The van der Waals surface area contributed by atoms with E-state index in [0.29, 0.717) is 19.3 Å². The summed E-state index contributed by atoms with van der Waals surface area (Å²) in [5.41, 5.74) is 0. The number of amides is 1. The van der Waals surface area contributed by atoms with Crippen molar-refractivity contribution in [3.63, 3.8) is 0 Å². The lowest BCUT2D eigenvalue weighted by atomic mass is 9.98. The Balaban J connectivity index is 2.39. The van der Waals surface area contributed by atoms with Gasteiger partial charge in [-0.3, -0.25) is 4.79 Å². The summed E-state index contributed by atoms with van der Waals surface area (Å²) in [4.78, 5) is 13.1. The first kappa shape index (κ1) is 54.6. The van der Waals surface area contributed by atoms with Crippen LogP contribution in [0.4, 0.5) is 0 Å². The van der Waals surface area contributed by atoms with Crippen molar-refractivity contribution in [3.8, 4) is 0 Å². The lowest BCUT2D eigenvalue weighted by Crippen LogP contribution is -2.60. The van der Waals surface area contributed by atoms with E-state index in [0.717, 1.165) is 51.4 Å². The van der Waals surface area contributed by atoms with Gasteiger partial charge in [0.1, 0.15) is 36.6 Å². The molecule has 9 atom stereocenters. The van der Waals surface area contributed by atoms with E-state index in [1.807, 2.05) is 0 Å². The molecule has 0 aromatic rings. The van der Waals surface area contributed by atoms with Crippen molar-refractivity contribution in [1.29, 1.82) is 0 Å². The third-order valence-corrected chi connectivity index (χ3v) is 11.5. The van der Waals surface area contributed by atoms with Crippen molar-refractivity contribution in [3.05, 3.63) is 24.3 Å². The molecule has 8 N–H and O–H groups in total. The van der Waals surface area contributed by atoms with E-state index in [1.54, 1.807) is 0 Å². The first-order chi connectivity index (χ1) is 28.2. The summed E-state index contributed by atoms with van der Waals surface area (Å²) in [5.74, 6) is -0.698. The summed E-state index contributed by atoms with van der Waals surface area (Å²) >= 11 is 0. The molecule has 1 rings (SSSR count). The molecule has 1 aliphatic heterocycles. The highest BCUT2D eigenvalue weighted by Gasteiger charge is 2.44. The topological polar surface area (TPSA) is 189 Å². The van der Waals surface area contributed by atoms with Crippen LogP contribution in [0, 0.1) is 0 Å². The van der Waals surface area contributed by atoms with Crippen molar-refractivity contribution in [2.45, 2.75) is 255 Å². The fraction of sp³-hybridized carbons (Fsp3) is 0.894. The molecule has 58 heavy (non-hydrogen) atoms. The zero-order valence-electron chi connectivity index (χ0n) is 36.8. The number of carbonyl (C=O) groups is 1. The minimum Gasteiger partial charge on any atom is -0.394 e. The molecule has 11 heteroatoms. The van der Waals surface area contributed by atoms with E-state index in [2.05, 4.69) is 43.5 Å². The maximum atomic E-state index is 13.1. The van der Waals surface area contributed by atoms with Crippen molar-refractivity contribution < 1.29 is 50.0 Å². The molecule has 0 bridgehead atoms. The zero-order chi connectivity index (χ0) is 42.6. The molecule has 1 amide bonds. The fourth-order valence-electron chi connectivity index (χ4n) is 7.60. The predicted octanol–water partition coefficient (Wildman–Crippen LogP) is 7.84. The number of hydrogen-bond acceptors (Lipinski definition) is 10. The van der Waals surface area contributed by atoms with Gasteiger partial charge in [0, 0.05) is 0 Å². The van der Waals surface area contributed by atoms with Crippen LogP contribution in [-0.2, 0) is 14.3 Å². The average molecular weight is 828 g/mol. The molecule has 0 saturated carbocycles. The number of hydrogen-bond donors (Lipinski definition) is 8. The van der Waals surface area contributed by atoms with Gasteiger partial charge in [0.15, 0.2) is 6.29 Å². The van der Waals surface area contributed by atoms with Crippen molar-refractivity contribution in [2.75, 3.05) is 13.2 Å². The maximum absolute atomic E-state index is 13.1. The Bertz CT molecular complexity index is 997. The first-order valence-electron chi connectivity index (χ1n) is 23.7. The van der Waals surface area contributed by atoms with Gasteiger partial charge in [0.2, 0.25) is 5.91 Å². The molecule has 11 nitrogen and oxygen atoms in total. The van der Waals surface area contributed by atoms with Crippen LogP contribution in [-0.4, -0.2) is 110 Å². The highest BCUT2D eigenvalue weighted by molar-refractivity contribution is 5.80. The average Bonchev–Trinajstić information content (AvgIpc) is 3.22. The molecular formula is C47H89NO10. The van der Waals surface area contributed by atoms with Crippen molar-refractivity contribution in [2.24, 2.45) is 0 Å². The van der Waals surface area contributed by atoms with Gasteiger partial charge in [-0.15, -0.1) is 0 Å². The third kappa shape index (κ3) is 26.7. The molecule has 1 aliphatic rings. The number of rotatable bonds is 39. The predicted molar refractivity (Wildman–Crippen MR) is 233 cm³/mol. The van der Waals surface area contributed by atoms with Gasteiger partial charge in [0.25, 0.3) is 0 Å². The van der Waals surface area contributed by atoms with Crippen molar-refractivity contribution >= 4 is 5.91 Å². The Morgan fingerprint density at radius 1 is 0.621 bits per heavy atom. The molecular weight excluding hydrogens is 739 g/mol. The standard InChI is InChI=1S/C47H89NO10/c1-3-5-7-9-11-13-15-16-17-18-19-20-21-22-23-25-27-29-31-33-35-40(51)46(56)48-38(37-57-47-45(55)44(54)43(53)41(36-49)58-47)42(52)39(50)34-32-30-28-26-24-14-12-10-8-6-4-2/h5,7,11,13,38-45,47,49-55H,3-4,6,8-10,12,14-37H2,1-2H3,(H,48,56)/b7-5-,13-11-. The summed E-state index contributed by atoms with van der Waals surface area (Å²) in [6.45, 7) is 3.33. The van der Waals surface area contributed by atoms with Crippen LogP contribution >= 0.6 is 0 Å². The largest absolute Gasteiger partial charge is 0.394 e. The van der Waals surface area contributed by atoms with E-state index in [9.17, 15) is 40.5 Å². The van der Waals surface area contributed by atoms with E-state index in [-0.39, 0.29) is 6.42 Å². The highest BCUT2D eigenvalue weighted by atomic mass is 16.7. The molecule has 0 aliphatic carbocycles. The van der Waals surface area contributed by atoms with Crippen LogP contribution in [0.3, 0.4) is 0 Å². The highest BCUT2D eigenvalue weighted by Crippen LogP contribution is 2.23. The van der Waals surface area contributed by atoms with Gasteiger partial charge < -0.3 is 50.5 Å². The fourth-order valence-corrected chi connectivity index (χ4v) is 7.60. The van der Waals surface area contributed by atoms with E-state index < -0.39 is 74.2 Å². The number of ether oxygens (including phenoxy) is 2. The number of aliphatic hydroxyl groups excluding tert-OH is 7. The molecule has 342 valence electrons. The van der Waals surface area contributed by atoms with Gasteiger partial charge in [-0.1, -0.05) is 186 Å². The lowest BCUT2D eigenvalue weighted by Gasteiger charge is -2.40. The lowest BCUT2D eigenvalue weighted by molar-refractivity contribution is -0.303. The molecule has 0 aromatic heterocycles. The Morgan fingerprint density at radius 2 is 1.10 bits per heavy atom. The molecule has 0 spiro atoms. The monoisotopic (exact) mass is 828 g/mol. The number of allylic oxidation sites excluding steroid dienone is 4.